The Hall–Kier alpha value is -2.74. The van der Waals surface area contributed by atoms with Crippen molar-refractivity contribution in [3.05, 3.63) is 64.4 Å². The summed E-state index contributed by atoms with van der Waals surface area (Å²) in [5.41, 5.74) is 0.825. The highest BCUT2D eigenvalue weighted by molar-refractivity contribution is 7.99. The number of hydrogen-bond acceptors (Lipinski definition) is 5. The van der Waals surface area contributed by atoms with Gasteiger partial charge in [0.15, 0.2) is 10.9 Å². The number of para-hydroxylation sites is 1. The van der Waals surface area contributed by atoms with Crippen LogP contribution in [0.4, 0.5) is 8.78 Å². The average Bonchev–Trinajstić information content (AvgIpc) is 2.68. The van der Waals surface area contributed by atoms with Gasteiger partial charge in [-0.25, -0.2) is 4.98 Å². The van der Waals surface area contributed by atoms with Crippen molar-refractivity contribution < 1.29 is 18.3 Å². The molecule has 0 unspecified atom stereocenters. The van der Waals surface area contributed by atoms with E-state index in [0.29, 0.717) is 28.2 Å². The molecule has 0 saturated heterocycles. The van der Waals surface area contributed by atoms with Crippen molar-refractivity contribution >= 4 is 28.4 Å². The largest absolute Gasteiger partial charge is 0.435 e. The van der Waals surface area contributed by atoms with Gasteiger partial charge >= 0.3 is 6.61 Å². The van der Waals surface area contributed by atoms with Crippen LogP contribution in [0, 0.1) is 5.92 Å². The van der Waals surface area contributed by atoms with Gasteiger partial charge in [-0.2, -0.15) is 8.78 Å². The summed E-state index contributed by atoms with van der Waals surface area (Å²) >= 11 is 1.19. The van der Waals surface area contributed by atoms with Gasteiger partial charge in [-0.3, -0.25) is 14.2 Å². The number of ketones is 1. The number of Topliss-reactive ketones (excluding diaryl/α,β-unsaturated/α-hetero) is 1. The van der Waals surface area contributed by atoms with E-state index in [9.17, 15) is 18.4 Å². The Morgan fingerprint density at radius 2 is 1.83 bits per heavy atom. The standard InChI is InChI=1S/C21H20F2N2O3S/c1-13(2)11-25-19(27)16-5-3-4-6-17(16)24-21(25)29-12-18(26)14-7-9-15(10-8-14)28-20(22)23/h3-10,13,20H,11-12H2,1-2H3. The number of fused-ring (bicyclic) bond motifs is 1. The number of carbonyl (C=O) groups excluding carboxylic acids is 1. The number of thioether (sulfide) groups is 1. The number of hydrogen-bond donors (Lipinski definition) is 0. The van der Waals surface area contributed by atoms with Crippen molar-refractivity contribution in [2.24, 2.45) is 5.92 Å². The minimum absolute atomic E-state index is 0.00818. The van der Waals surface area contributed by atoms with Crippen molar-refractivity contribution in [3.8, 4) is 5.75 Å². The van der Waals surface area contributed by atoms with Gasteiger partial charge in [0, 0.05) is 12.1 Å². The van der Waals surface area contributed by atoms with E-state index in [2.05, 4.69) is 9.72 Å². The van der Waals surface area contributed by atoms with Gasteiger partial charge in [-0.05, 0) is 42.3 Å². The van der Waals surface area contributed by atoms with Crippen LogP contribution >= 0.6 is 11.8 Å². The number of aromatic nitrogens is 2. The lowest BCUT2D eigenvalue weighted by Crippen LogP contribution is -2.25. The third-order valence-electron chi connectivity index (χ3n) is 4.11. The highest BCUT2D eigenvalue weighted by Crippen LogP contribution is 2.21. The first-order valence-corrected chi connectivity index (χ1v) is 10.0. The normalized spacial score (nSPS) is 11.4. The monoisotopic (exact) mass is 418 g/mol. The fourth-order valence-corrected chi connectivity index (χ4v) is 3.72. The van der Waals surface area contributed by atoms with E-state index in [1.54, 1.807) is 22.8 Å². The molecule has 5 nitrogen and oxygen atoms in total. The van der Waals surface area contributed by atoms with Crippen LogP contribution in [-0.4, -0.2) is 27.7 Å². The zero-order valence-electron chi connectivity index (χ0n) is 16.0. The number of benzene rings is 2. The van der Waals surface area contributed by atoms with Crippen LogP contribution in [0.2, 0.25) is 0 Å². The van der Waals surface area contributed by atoms with Gasteiger partial charge in [0.2, 0.25) is 0 Å². The molecule has 152 valence electrons. The summed E-state index contributed by atoms with van der Waals surface area (Å²) < 4.78 is 30.4. The van der Waals surface area contributed by atoms with Gasteiger partial charge < -0.3 is 4.74 Å². The fraction of sp³-hybridized carbons (Fsp3) is 0.286. The second-order valence-electron chi connectivity index (χ2n) is 6.84. The second kappa shape index (κ2) is 9.17. The molecule has 0 aliphatic heterocycles. The first kappa shape index (κ1) is 21.0. The highest BCUT2D eigenvalue weighted by atomic mass is 32.2. The summed E-state index contributed by atoms with van der Waals surface area (Å²) in [5, 5.41) is 1.02. The van der Waals surface area contributed by atoms with Gasteiger partial charge in [0.05, 0.1) is 16.7 Å². The van der Waals surface area contributed by atoms with Gasteiger partial charge in [-0.15, -0.1) is 0 Å². The quantitative estimate of drug-likeness (QED) is 0.303. The summed E-state index contributed by atoms with van der Waals surface area (Å²) in [6.45, 7) is 1.59. The van der Waals surface area contributed by atoms with Crippen LogP contribution in [-0.2, 0) is 6.54 Å². The lowest BCUT2D eigenvalue weighted by Gasteiger charge is -2.14. The van der Waals surface area contributed by atoms with E-state index in [4.69, 9.17) is 0 Å². The van der Waals surface area contributed by atoms with E-state index < -0.39 is 6.61 Å². The maximum Gasteiger partial charge on any atom is 0.387 e. The van der Waals surface area contributed by atoms with E-state index in [-0.39, 0.29) is 28.8 Å². The molecule has 0 atom stereocenters. The van der Waals surface area contributed by atoms with Crippen LogP contribution in [0.15, 0.2) is 58.5 Å². The van der Waals surface area contributed by atoms with Crippen molar-refractivity contribution in [2.75, 3.05) is 5.75 Å². The molecular formula is C21H20F2N2O3S. The maximum atomic E-state index is 12.9. The number of alkyl halides is 2. The first-order chi connectivity index (χ1) is 13.8. The molecule has 0 radical (unpaired) electrons. The minimum Gasteiger partial charge on any atom is -0.435 e. The average molecular weight is 418 g/mol. The Kier molecular flexibility index (Phi) is 6.64. The van der Waals surface area contributed by atoms with Gasteiger partial charge in [0.25, 0.3) is 5.56 Å². The summed E-state index contributed by atoms with van der Waals surface area (Å²) in [6, 6.07) is 12.6. The van der Waals surface area contributed by atoms with E-state index in [1.165, 1.54) is 36.0 Å². The molecule has 1 heterocycles. The van der Waals surface area contributed by atoms with Crippen molar-refractivity contribution in [2.45, 2.75) is 32.2 Å². The molecular weight excluding hydrogens is 398 g/mol. The predicted molar refractivity (Wildman–Crippen MR) is 109 cm³/mol. The number of ether oxygens (including phenoxy) is 1. The van der Waals surface area contributed by atoms with Crippen LogP contribution < -0.4 is 10.3 Å². The molecule has 0 bridgehead atoms. The fourth-order valence-electron chi connectivity index (χ4n) is 2.82. The number of rotatable bonds is 8. The molecule has 2 aromatic carbocycles. The minimum atomic E-state index is -2.91. The predicted octanol–water partition coefficient (Wildman–Crippen LogP) is 4.63. The lowest BCUT2D eigenvalue weighted by atomic mass is 10.1. The van der Waals surface area contributed by atoms with Crippen LogP contribution in [0.5, 0.6) is 5.75 Å². The third kappa shape index (κ3) is 5.20. The molecule has 0 amide bonds. The molecule has 0 aliphatic carbocycles. The number of carbonyl (C=O) groups is 1. The smallest absolute Gasteiger partial charge is 0.387 e. The Morgan fingerprint density at radius 3 is 2.48 bits per heavy atom. The SMILES string of the molecule is CC(C)Cn1c(SCC(=O)c2ccc(OC(F)F)cc2)nc2ccccc2c1=O. The van der Waals surface area contributed by atoms with Crippen molar-refractivity contribution in [1.29, 1.82) is 0 Å². The Labute approximate surface area is 170 Å². The molecule has 29 heavy (non-hydrogen) atoms. The van der Waals surface area contributed by atoms with Gasteiger partial charge in [0.1, 0.15) is 5.75 Å². The first-order valence-electron chi connectivity index (χ1n) is 9.05. The molecule has 0 spiro atoms. The van der Waals surface area contributed by atoms with Crippen molar-refractivity contribution in [1.82, 2.24) is 9.55 Å². The van der Waals surface area contributed by atoms with E-state index in [1.807, 2.05) is 19.9 Å². The molecule has 8 heteroatoms. The number of halogens is 2. The lowest BCUT2D eigenvalue weighted by molar-refractivity contribution is -0.0498. The summed E-state index contributed by atoms with van der Waals surface area (Å²) in [6.07, 6.45) is 0. The maximum absolute atomic E-state index is 12.9. The summed E-state index contributed by atoms with van der Waals surface area (Å²) in [7, 11) is 0. The molecule has 3 rings (SSSR count). The molecule has 3 aromatic rings. The van der Waals surface area contributed by atoms with Crippen molar-refractivity contribution in [3.63, 3.8) is 0 Å². The highest BCUT2D eigenvalue weighted by Gasteiger charge is 2.15. The van der Waals surface area contributed by atoms with E-state index >= 15 is 0 Å². The number of nitrogens with zero attached hydrogens (tertiary/aromatic N) is 2. The summed E-state index contributed by atoms with van der Waals surface area (Å²) in [5.74, 6) is 0.0918. The summed E-state index contributed by atoms with van der Waals surface area (Å²) in [4.78, 5) is 30.0. The van der Waals surface area contributed by atoms with Crippen LogP contribution in [0.3, 0.4) is 0 Å². The van der Waals surface area contributed by atoms with E-state index in [0.717, 1.165) is 0 Å². The molecule has 0 N–H and O–H groups in total. The second-order valence-corrected chi connectivity index (χ2v) is 7.78. The Balaban J connectivity index is 1.82. The Morgan fingerprint density at radius 1 is 1.14 bits per heavy atom. The third-order valence-corrected chi connectivity index (χ3v) is 5.08. The Bertz CT molecular complexity index is 1070. The molecule has 1 aromatic heterocycles. The van der Waals surface area contributed by atoms with Crippen LogP contribution in [0.25, 0.3) is 10.9 Å². The molecule has 0 fully saturated rings. The topological polar surface area (TPSA) is 61.2 Å². The zero-order chi connectivity index (χ0) is 21.0. The molecule has 0 aliphatic rings. The van der Waals surface area contributed by atoms with Crippen LogP contribution in [0.1, 0.15) is 24.2 Å². The van der Waals surface area contributed by atoms with Gasteiger partial charge in [-0.1, -0.05) is 37.7 Å². The zero-order valence-corrected chi connectivity index (χ0v) is 16.8. The molecule has 0 saturated carbocycles.